The largest absolute Gasteiger partial charge is 0.487 e. The van der Waals surface area contributed by atoms with E-state index in [9.17, 15) is 14.5 Å². The first kappa shape index (κ1) is 15.7. The lowest BCUT2D eigenvalue weighted by molar-refractivity contribution is -0.387. The zero-order chi connectivity index (χ0) is 15.4. The summed E-state index contributed by atoms with van der Waals surface area (Å²) in [6.07, 6.45) is 1.52. The molecule has 1 aliphatic rings. The first-order valence-electron chi connectivity index (χ1n) is 6.93. The maximum absolute atomic E-state index is 13.5. The van der Waals surface area contributed by atoms with Crippen molar-refractivity contribution in [2.45, 2.75) is 38.0 Å². The molecule has 0 radical (unpaired) electrons. The highest BCUT2D eigenvalue weighted by Crippen LogP contribution is 2.30. The highest BCUT2D eigenvalue weighted by molar-refractivity contribution is 5.38. The minimum Gasteiger partial charge on any atom is -0.487 e. The second-order valence-corrected chi connectivity index (χ2v) is 5.02. The minimum absolute atomic E-state index is 0.102. The Morgan fingerprint density at radius 1 is 1.52 bits per heavy atom. The number of rotatable bonds is 7. The van der Waals surface area contributed by atoms with E-state index in [1.165, 1.54) is 6.07 Å². The van der Waals surface area contributed by atoms with E-state index in [4.69, 9.17) is 9.47 Å². The Kier molecular flexibility index (Phi) is 5.08. The van der Waals surface area contributed by atoms with Crippen LogP contribution in [-0.4, -0.2) is 36.8 Å². The summed E-state index contributed by atoms with van der Waals surface area (Å²) in [5.41, 5.74) is -0.554. The van der Waals surface area contributed by atoms with E-state index in [-0.39, 0.29) is 24.0 Å². The summed E-state index contributed by atoms with van der Waals surface area (Å²) in [6.45, 7) is 2.99. The standard InChI is InChI=1S/C14H19FN2O4/c1-3-6-16-11-8-13(14(11)20-2)21-9-4-5-12(17(18)19)10(15)7-9/h4-5,7,11,13-14,16H,3,6,8H2,1-2H3. The maximum Gasteiger partial charge on any atom is 0.305 e. The number of halogens is 1. The van der Waals surface area contributed by atoms with Gasteiger partial charge in [0.2, 0.25) is 5.82 Å². The number of nitro benzene ring substituents is 1. The Morgan fingerprint density at radius 3 is 2.86 bits per heavy atom. The average Bonchev–Trinajstić information content (AvgIpc) is 2.42. The molecule has 6 nitrogen and oxygen atoms in total. The molecule has 1 fully saturated rings. The number of methoxy groups -OCH3 is 1. The third-order valence-electron chi connectivity index (χ3n) is 3.58. The van der Waals surface area contributed by atoms with Gasteiger partial charge in [0, 0.05) is 31.7 Å². The van der Waals surface area contributed by atoms with Crippen LogP contribution in [0.4, 0.5) is 10.1 Å². The molecule has 1 aromatic rings. The Balaban J connectivity index is 1.96. The molecule has 1 aliphatic carbocycles. The van der Waals surface area contributed by atoms with Crippen molar-refractivity contribution in [3.05, 3.63) is 34.1 Å². The second kappa shape index (κ2) is 6.82. The van der Waals surface area contributed by atoms with Crippen molar-refractivity contribution in [2.24, 2.45) is 0 Å². The van der Waals surface area contributed by atoms with Crippen molar-refractivity contribution >= 4 is 5.69 Å². The lowest BCUT2D eigenvalue weighted by Gasteiger charge is -2.43. The molecule has 0 bridgehead atoms. The smallest absolute Gasteiger partial charge is 0.305 e. The van der Waals surface area contributed by atoms with Gasteiger partial charge in [-0.1, -0.05) is 6.92 Å². The van der Waals surface area contributed by atoms with Gasteiger partial charge in [0.1, 0.15) is 18.0 Å². The van der Waals surface area contributed by atoms with Crippen LogP contribution in [0.2, 0.25) is 0 Å². The molecule has 0 saturated heterocycles. The zero-order valence-electron chi connectivity index (χ0n) is 12.0. The monoisotopic (exact) mass is 298 g/mol. The van der Waals surface area contributed by atoms with Gasteiger partial charge >= 0.3 is 5.69 Å². The van der Waals surface area contributed by atoms with Crippen LogP contribution in [0.25, 0.3) is 0 Å². The van der Waals surface area contributed by atoms with E-state index in [0.29, 0.717) is 0 Å². The minimum atomic E-state index is -0.897. The summed E-state index contributed by atoms with van der Waals surface area (Å²) in [6, 6.07) is 3.78. The van der Waals surface area contributed by atoms with Crippen LogP contribution in [0.1, 0.15) is 19.8 Å². The third kappa shape index (κ3) is 3.48. The maximum atomic E-state index is 13.5. The molecule has 1 saturated carbocycles. The number of hydrogen-bond donors (Lipinski definition) is 1. The molecule has 0 spiro atoms. The summed E-state index contributed by atoms with van der Waals surface area (Å²) in [7, 11) is 1.61. The van der Waals surface area contributed by atoms with Crippen molar-refractivity contribution in [2.75, 3.05) is 13.7 Å². The van der Waals surface area contributed by atoms with Gasteiger partial charge in [-0.05, 0) is 19.0 Å². The van der Waals surface area contributed by atoms with Crippen molar-refractivity contribution in [1.82, 2.24) is 5.32 Å². The number of nitro groups is 1. The lowest BCUT2D eigenvalue weighted by Crippen LogP contribution is -2.61. The topological polar surface area (TPSA) is 73.6 Å². The van der Waals surface area contributed by atoms with Crippen LogP contribution in [0, 0.1) is 15.9 Å². The summed E-state index contributed by atoms with van der Waals surface area (Å²) >= 11 is 0. The van der Waals surface area contributed by atoms with Crippen LogP contribution in [0.5, 0.6) is 5.75 Å². The van der Waals surface area contributed by atoms with Crippen molar-refractivity contribution < 1.29 is 18.8 Å². The fourth-order valence-electron chi connectivity index (χ4n) is 2.43. The van der Waals surface area contributed by atoms with Crippen molar-refractivity contribution in [3.8, 4) is 5.75 Å². The van der Waals surface area contributed by atoms with Gasteiger partial charge in [0.15, 0.2) is 0 Å². The van der Waals surface area contributed by atoms with Crippen LogP contribution in [0.15, 0.2) is 18.2 Å². The molecule has 7 heteroatoms. The number of ether oxygens (including phenoxy) is 2. The molecule has 0 aromatic heterocycles. The van der Waals surface area contributed by atoms with Gasteiger partial charge in [-0.15, -0.1) is 0 Å². The Bertz CT molecular complexity index is 512. The Labute approximate surface area is 122 Å². The summed E-state index contributed by atoms with van der Waals surface area (Å²) < 4.78 is 24.6. The number of nitrogens with one attached hydrogen (secondary N) is 1. The van der Waals surface area contributed by atoms with Gasteiger partial charge in [-0.25, -0.2) is 0 Å². The Hall–Kier alpha value is -1.73. The van der Waals surface area contributed by atoms with E-state index in [0.717, 1.165) is 31.5 Å². The van der Waals surface area contributed by atoms with Crippen LogP contribution < -0.4 is 10.1 Å². The molecule has 1 aromatic carbocycles. The normalized spacial score (nSPS) is 24.4. The lowest BCUT2D eigenvalue weighted by atomic mass is 9.85. The van der Waals surface area contributed by atoms with Gasteiger partial charge < -0.3 is 14.8 Å². The quantitative estimate of drug-likeness (QED) is 0.617. The SMILES string of the molecule is CCCNC1CC(Oc2ccc([N+](=O)[O-])c(F)c2)C1OC. The first-order valence-corrected chi connectivity index (χ1v) is 6.93. The number of hydrogen-bond acceptors (Lipinski definition) is 5. The zero-order valence-corrected chi connectivity index (χ0v) is 12.0. The first-order chi connectivity index (χ1) is 10.1. The molecule has 0 aliphatic heterocycles. The van der Waals surface area contributed by atoms with E-state index in [2.05, 4.69) is 12.2 Å². The molecule has 1 N–H and O–H groups in total. The fraction of sp³-hybridized carbons (Fsp3) is 0.571. The van der Waals surface area contributed by atoms with E-state index in [1.54, 1.807) is 7.11 Å². The molecule has 21 heavy (non-hydrogen) atoms. The highest BCUT2D eigenvalue weighted by atomic mass is 19.1. The van der Waals surface area contributed by atoms with Crippen molar-refractivity contribution in [3.63, 3.8) is 0 Å². The van der Waals surface area contributed by atoms with Crippen LogP contribution in [-0.2, 0) is 4.74 Å². The molecular formula is C14H19FN2O4. The van der Waals surface area contributed by atoms with Crippen LogP contribution >= 0.6 is 0 Å². The number of nitrogens with zero attached hydrogens (tertiary/aromatic N) is 1. The molecule has 0 heterocycles. The van der Waals surface area contributed by atoms with E-state index < -0.39 is 16.4 Å². The predicted octanol–water partition coefficient (Wildman–Crippen LogP) is 2.27. The van der Waals surface area contributed by atoms with Crippen LogP contribution in [0.3, 0.4) is 0 Å². The molecule has 2 rings (SSSR count). The van der Waals surface area contributed by atoms with E-state index >= 15 is 0 Å². The molecule has 3 unspecified atom stereocenters. The molecule has 116 valence electrons. The molecule has 3 atom stereocenters. The van der Waals surface area contributed by atoms with Gasteiger partial charge in [-0.2, -0.15) is 4.39 Å². The van der Waals surface area contributed by atoms with Gasteiger partial charge in [0.25, 0.3) is 0 Å². The number of benzene rings is 1. The third-order valence-corrected chi connectivity index (χ3v) is 3.58. The second-order valence-electron chi connectivity index (χ2n) is 5.02. The van der Waals surface area contributed by atoms with Gasteiger partial charge in [-0.3, -0.25) is 10.1 Å². The predicted molar refractivity (Wildman–Crippen MR) is 75.0 cm³/mol. The summed E-state index contributed by atoms with van der Waals surface area (Å²) in [5, 5.41) is 13.9. The summed E-state index contributed by atoms with van der Waals surface area (Å²) in [4.78, 5) is 9.80. The summed E-state index contributed by atoms with van der Waals surface area (Å²) in [5.74, 6) is -0.620. The molecule has 0 amide bonds. The fourth-order valence-corrected chi connectivity index (χ4v) is 2.43. The molecular weight excluding hydrogens is 279 g/mol. The van der Waals surface area contributed by atoms with E-state index in [1.807, 2.05) is 0 Å². The average molecular weight is 298 g/mol. The van der Waals surface area contributed by atoms with Gasteiger partial charge in [0.05, 0.1) is 4.92 Å². The highest BCUT2D eigenvalue weighted by Gasteiger charge is 2.43. The van der Waals surface area contributed by atoms with Crippen molar-refractivity contribution in [1.29, 1.82) is 0 Å². The Morgan fingerprint density at radius 2 is 2.29 bits per heavy atom.